The first kappa shape index (κ1) is 20.9. The van der Waals surface area contributed by atoms with Gasteiger partial charge in [0.15, 0.2) is 10.8 Å². The number of hydrogen-bond donors (Lipinski definition) is 0. The van der Waals surface area contributed by atoms with Crippen molar-refractivity contribution in [2.45, 2.75) is 12.1 Å². The minimum atomic E-state index is -2.28. The van der Waals surface area contributed by atoms with Gasteiger partial charge in [0.05, 0.1) is 5.69 Å². The molecule has 2 heterocycles. The molecule has 5 rings (SSSR count). The SMILES string of the molecule is O=C1[C@H]([P+](c2ccccc2)(c2ccccc2)c2ccccc2)CCN1c1cccnc1Cl. The van der Waals surface area contributed by atoms with Crippen LogP contribution in [0.15, 0.2) is 109 Å². The molecule has 1 fully saturated rings. The average Bonchev–Trinajstić information content (AvgIpc) is 3.23. The lowest BCUT2D eigenvalue weighted by molar-refractivity contribution is -0.116. The predicted molar refractivity (Wildman–Crippen MR) is 135 cm³/mol. The summed E-state index contributed by atoms with van der Waals surface area (Å²) in [5, 5.41) is 4.02. The lowest BCUT2D eigenvalue weighted by Gasteiger charge is -2.32. The van der Waals surface area contributed by atoms with Crippen molar-refractivity contribution < 1.29 is 4.79 Å². The maximum Gasteiger partial charge on any atom is 0.269 e. The Morgan fingerprint density at radius 1 is 0.750 bits per heavy atom. The number of benzene rings is 3. The van der Waals surface area contributed by atoms with Gasteiger partial charge in [-0.05, 0) is 48.5 Å². The van der Waals surface area contributed by atoms with Gasteiger partial charge >= 0.3 is 0 Å². The first-order valence-corrected chi connectivity index (χ1v) is 12.9. The highest BCUT2D eigenvalue weighted by Crippen LogP contribution is 2.62. The average molecular weight is 458 g/mol. The number of amides is 1. The number of nitrogens with zero attached hydrogens (tertiary/aromatic N) is 2. The van der Waals surface area contributed by atoms with E-state index in [9.17, 15) is 4.79 Å². The smallest absolute Gasteiger partial charge is 0.269 e. The molecule has 0 saturated carbocycles. The molecule has 4 aromatic rings. The summed E-state index contributed by atoms with van der Waals surface area (Å²) in [5.41, 5.74) is 0.514. The van der Waals surface area contributed by atoms with E-state index in [2.05, 4.69) is 77.8 Å². The maximum atomic E-state index is 14.1. The van der Waals surface area contributed by atoms with Crippen LogP contribution in [0.3, 0.4) is 0 Å². The molecule has 5 heteroatoms. The summed E-state index contributed by atoms with van der Waals surface area (Å²) in [6, 6.07) is 35.3. The topological polar surface area (TPSA) is 33.2 Å². The van der Waals surface area contributed by atoms with Crippen LogP contribution in [0.5, 0.6) is 0 Å². The van der Waals surface area contributed by atoms with E-state index in [-0.39, 0.29) is 11.6 Å². The second-order valence-corrected chi connectivity index (χ2v) is 11.8. The lowest BCUT2D eigenvalue weighted by atomic mass is 10.3. The van der Waals surface area contributed by atoms with Crippen molar-refractivity contribution in [3.63, 3.8) is 0 Å². The van der Waals surface area contributed by atoms with Gasteiger partial charge in [0.1, 0.15) is 23.2 Å². The molecule has 0 unspecified atom stereocenters. The highest BCUT2D eigenvalue weighted by atomic mass is 35.5. The van der Waals surface area contributed by atoms with Crippen LogP contribution in [0, 0.1) is 0 Å². The Morgan fingerprint density at radius 3 is 1.72 bits per heavy atom. The third-order valence-electron chi connectivity index (χ3n) is 6.17. The van der Waals surface area contributed by atoms with Gasteiger partial charge in [-0.3, -0.25) is 4.79 Å². The Bertz CT molecular complexity index is 1120. The Hall–Kier alpha value is -3.00. The Kier molecular flexibility index (Phi) is 5.78. The third-order valence-corrected chi connectivity index (χ3v) is 11.2. The third kappa shape index (κ3) is 3.43. The van der Waals surface area contributed by atoms with Crippen molar-refractivity contribution in [1.29, 1.82) is 0 Å². The molecule has 0 N–H and O–H groups in total. The maximum absolute atomic E-state index is 14.1. The second-order valence-electron chi connectivity index (χ2n) is 7.84. The van der Waals surface area contributed by atoms with Crippen LogP contribution in [0.2, 0.25) is 5.15 Å². The van der Waals surface area contributed by atoms with Gasteiger partial charge in [0, 0.05) is 19.2 Å². The van der Waals surface area contributed by atoms with Gasteiger partial charge in [-0.2, -0.15) is 0 Å². The van der Waals surface area contributed by atoms with Crippen molar-refractivity contribution >= 4 is 46.4 Å². The summed E-state index contributed by atoms with van der Waals surface area (Å²) >= 11 is 6.39. The number of rotatable bonds is 5. The summed E-state index contributed by atoms with van der Waals surface area (Å²) in [7, 11) is -2.28. The predicted octanol–water partition coefficient (Wildman–Crippen LogP) is 4.83. The van der Waals surface area contributed by atoms with Crippen LogP contribution in [0.1, 0.15) is 6.42 Å². The standard InChI is InChI=1S/C27H23ClN2OP/c28-26-24(17-10-19-29-26)30-20-18-25(27(30)31)32(21-11-4-1-5-12-21,22-13-6-2-7-14-22)23-15-8-3-9-16-23/h1-17,19,25H,18,20H2/q+1/t25-/m1/s1. The summed E-state index contributed by atoms with van der Waals surface area (Å²) in [6.07, 6.45) is 2.41. The van der Waals surface area contributed by atoms with Crippen LogP contribution in [0.25, 0.3) is 0 Å². The minimum Gasteiger partial charge on any atom is -0.306 e. The highest BCUT2D eigenvalue weighted by Gasteiger charge is 2.58. The summed E-state index contributed by atoms with van der Waals surface area (Å²) in [4.78, 5) is 20.1. The molecule has 0 aliphatic carbocycles. The van der Waals surface area contributed by atoms with E-state index in [1.807, 2.05) is 35.2 Å². The largest absolute Gasteiger partial charge is 0.306 e. The van der Waals surface area contributed by atoms with Crippen LogP contribution in [-0.4, -0.2) is 23.1 Å². The molecule has 1 saturated heterocycles. The fourth-order valence-electron chi connectivity index (χ4n) is 4.82. The first-order valence-electron chi connectivity index (χ1n) is 10.7. The molecule has 0 bridgehead atoms. The second kappa shape index (κ2) is 8.86. The first-order chi connectivity index (χ1) is 15.7. The normalized spacial score (nSPS) is 16.3. The molecule has 1 aromatic heterocycles. The molecule has 0 radical (unpaired) electrons. The summed E-state index contributed by atoms with van der Waals surface area (Å²) in [6.45, 7) is 0.628. The van der Waals surface area contributed by atoms with E-state index < -0.39 is 7.26 Å². The number of pyridine rings is 1. The van der Waals surface area contributed by atoms with Crippen molar-refractivity contribution in [3.8, 4) is 0 Å². The van der Waals surface area contributed by atoms with Crippen LogP contribution >= 0.6 is 18.9 Å². The van der Waals surface area contributed by atoms with Gasteiger partial charge in [0.25, 0.3) is 5.91 Å². The van der Waals surface area contributed by atoms with Gasteiger partial charge in [-0.1, -0.05) is 66.2 Å². The van der Waals surface area contributed by atoms with Crippen molar-refractivity contribution in [3.05, 3.63) is 114 Å². The molecular formula is C27H23ClN2OP+. The lowest BCUT2D eigenvalue weighted by Crippen LogP contribution is -2.43. The van der Waals surface area contributed by atoms with E-state index in [0.717, 1.165) is 6.42 Å². The minimum absolute atomic E-state index is 0.116. The van der Waals surface area contributed by atoms with Gasteiger partial charge < -0.3 is 4.90 Å². The van der Waals surface area contributed by atoms with E-state index in [4.69, 9.17) is 11.6 Å². The summed E-state index contributed by atoms with van der Waals surface area (Å²) in [5.74, 6) is 0.116. The van der Waals surface area contributed by atoms with Crippen LogP contribution in [0.4, 0.5) is 5.69 Å². The van der Waals surface area contributed by atoms with Gasteiger partial charge in [-0.15, -0.1) is 0 Å². The number of hydrogen-bond acceptors (Lipinski definition) is 2. The quantitative estimate of drug-likeness (QED) is 0.317. The summed E-state index contributed by atoms with van der Waals surface area (Å²) < 4.78 is 0. The Balaban J connectivity index is 1.74. The monoisotopic (exact) mass is 457 g/mol. The number of halogens is 1. The number of carbonyl (C=O) groups is 1. The molecule has 158 valence electrons. The molecule has 32 heavy (non-hydrogen) atoms. The van der Waals surface area contributed by atoms with E-state index >= 15 is 0 Å². The number of aromatic nitrogens is 1. The van der Waals surface area contributed by atoms with Gasteiger partial charge in [-0.25, -0.2) is 4.98 Å². The van der Waals surface area contributed by atoms with E-state index in [1.54, 1.807) is 6.20 Å². The molecule has 1 atom stereocenters. The van der Waals surface area contributed by atoms with Crippen LogP contribution < -0.4 is 20.8 Å². The van der Waals surface area contributed by atoms with Gasteiger partial charge in [0.2, 0.25) is 0 Å². The molecule has 1 aliphatic heterocycles. The molecule has 0 spiro atoms. The number of carbonyl (C=O) groups excluding carboxylic acids is 1. The molecule has 1 amide bonds. The van der Waals surface area contributed by atoms with Crippen LogP contribution in [-0.2, 0) is 4.79 Å². The molecule has 3 nitrogen and oxygen atoms in total. The highest BCUT2D eigenvalue weighted by molar-refractivity contribution is 7.97. The Labute approximate surface area is 194 Å². The van der Waals surface area contributed by atoms with Crippen molar-refractivity contribution in [2.24, 2.45) is 0 Å². The number of anilines is 1. The van der Waals surface area contributed by atoms with E-state index in [0.29, 0.717) is 17.4 Å². The Morgan fingerprint density at radius 2 is 1.25 bits per heavy atom. The van der Waals surface area contributed by atoms with Crippen molar-refractivity contribution in [1.82, 2.24) is 4.98 Å². The zero-order valence-electron chi connectivity index (χ0n) is 17.5. The molecule has 3 aromatic carbocycles. The zero-order valence-corrected chi connectivity index (χ0v) is 19.2. The fourth-order valence-corrected chi connectivity index (χ4v) is 9.91. The molecule has 1 aliphatic rings. The van der Waals surface area contributed by atoms with Crippen molar-refractivity contribution in [2.75, 3.05) is 11.4 Å². The fraction of sp³-hybridized carbons (Fsp3) is 0.111. The van der Waals surface area contributed by atoms with E-state index in [1.165, 1.54) is 15.9 Å². The molecular weight excluding hydrogens is 435 g/mol. The zero-order chi connectivity index (χ0) is 22.0.